The molecule has 0 unspecified atom stereocenters. The molecular formula is C14H15BrN2O2S. The second-order valence-corrected chi connectivity index (χ2v) is 6.63. The summed E-state index contributed by atoms with van der Waals surface area (Å²) in [5.74, 6) is 0.395. The van der Waals surface area contributed by atoms with Gasteiger partial charge in [-0.1, -0.05) is 6.07 Å². The summed E-state index contributed by atoms with van der Waals surface area (Å²) in [6.07, 6.45) is 0. The number of hydrogen-bond donors (Lipinski definition) is 1. The number of nitrogen functional groups attached to an aromatic ring is 1. The molecule has 6 heteroatoms. The van der Waals surface area contributed by atoms with Gasteiger partial charge < -0.3 is 15.4 Å². The molecule has 0 saturated carbocycles. The highest BCUT2D eigenvalue weighted by Gasteiger charge is 2.17. The third kappa shape index (κ3) is 3.13. The Balaban J connectivity index is 2.18. The van der Waals surface area contributed by atoms with E-state index in [0.29, 0.717) is 23.5 Å². The van der Waals surface area contributed by atoms with Crippen LogP contribution in [0, 0.1) is 0 Å². The minimum absolute atomic E-state index is 0.122. The molecule has 1 aromatic carbocycles. The zero-order valence-electron chi connectivity index (χ0n) is 11.2. The maximum atomic E-state index is 12.4. The van der Waals surface area contributed by atoms with E-state index in [-0.39, 0.29) is 5.91 Å². The van der Waals surface area contributed by atoms with Crippen LogP contribution < -0.4 is 10.5 Å². The third-order valence-electron chi connectivity index (χ3n) is 2.90. The standard InChI is InChI=1S/C14H15BrN2O2S/c1-17(7-9-6-12(15)20-8-9)14(18)10-4-3-5-11(19-2)13(10)16/h3-6,8H,7,16H2,1-2H3. The number of carbonyl (C=O) groups excluding carboxylic acids is 1. The number of hydrogen-bond acceptors (Lipinski definition) is 4. The molecule has 0 saturated heterocycles. The molecule has 1 amide bonds. The molecule has 0 spiro atoms. The molecule has 1 aromatic heterocycles. The van der Waals surface area contributed by atoms with E-state index in [4.69, 9.17) is 10.5 Å². The normalized spacial score (nSPS) is 10.3. The van der Waals surface area contributed by atoms with Gasteiger partial charge in [-0.2, -0.15) is 0 Å². The molecule has 1 heterocycles. The number of amides is 1. The van der Waals surface area contributed by atoms with Crippen LogP contribution in [0.3, 0.4) is 0 Å². The molecule has 2 rings (SSSR count). The highest BCUT2D eigenvalue weighted by molar-refractivity contribution is 9.11. The number of halogens is 1. The fourth-order valence-electron chi connectivity index (χ4n) is 1.89. The van der Waals surface area contributed by atoms with E-state index in [2.05, 4.69) is 15.9 Å². The van der Waals surface area contributed by atoms with Crippen LogP contribution in [-0.2, 0) is 6.54 Å². The molecule has 0 bridgehead atoms. The van der Waals surface area contributed by atoms with Crippen molar-refractivity contribution in [3.05, 3.63) is 44.6 Å². The van der Waals surface area contributed by atoms with Crippen LogP contribution in [-0.4, -0.2) is 25.0 Å². The lowest BCUT2D eigenvalue weighted by atomic mass is 10.1. The smallest absolute Gasteiger partial charge is 0.256 e. The summed E-state index contributed by atoms with van der Waals surface area (Å²) >= 11 is 5.01. The van der Waals surface area contributed by atoms with Crippen molar-refractivity contribution in [3.8, 4) is 5.75 Å². The van der Waals surface area contributed by atoms with Crippen LogP contribution in [0.1, 0.15) is 15.9 Å². The Morgan fingerprint density at radius 2 is 2.25 bits per heavy atom. The number of anilines is 1. The number of carbonyl (C=O) groups is 1. The van der Waals surface area contributed by atoms with Crippen LogP contribution in [0.25, 0.3) is 0 Å². The van der Waals surface area contributed by atoms with Crippen LogP contribution in [0.4, 0.5) is 5.69 Å². The van der Waals surface area contributed by atoms with Gasteiger partial charge in [0.2, 0.25) is 0 Å². The van der Waals surface area contributed by atoms with Crippen molar-refractivity contribution in [2.75, 3.05) is 19.9 Å². The fraction of sp³-hybridized carbons (Fsp3) is 0.214. The van der Waals surface area contributed by atoms with Crippen molar-refractivity contribution in [3.63, 3.8) is 0 Å². The third-order valence-corrected chi connectivity index (χ3v) is 4.46. The Kier molecular flexibility index (Phi) is 4.67. The number of nitrogens with zero attached hydrogens (tertiary/aromatic N) is 1. The molecule has 4 nitrogen and oxygen atoms in total. The first-order valence-corrected chi connectivity index (χ1v) is 7.61. The quantitative estimate of drug-likeness (QED) is 0.856. The molecule has 2 aromatic rings. The molecule has 0 aliphatic rings. The van der Waals surface area contributed by atoms with E-state index >= 15 is 0 Å². The Bertz CT molecular complexity index is 627. The van der Waals surface area contributed by atoms with Gasteiger partial charge in [0.1, 0.15) is 5.75 Å². The zero-order chi connectivity index (χ0) is 14.7. The first-order valence-electron chi connectivity index (χ1n) is 5.93. The lowest BCUT2D eigenvalue weighted by Gasteiger charge is -2.18. The van der Waals surface area contributed by atoms with Crippen LogP contribution in [0.15, 0.2) is 33.4 Å². The SMILES string of the molecule is COc1cccc(C(=O)N(C)Cc2csc(Br)c2)c1N. The lowest BCUT2D eigenvalue weighted by molar-refractivity contribution is 0.0786. The molecule has 0 aliphatic heterocycles. The van der Waals surface area contributed by atoms with Gasteiger partial charge in [0.25, 0.3) is 5.91 Å². The average molecular weight is 355 g/mol. The summed E-state index contributed by atoms with van der Waals surface area (Å²) in [5, 5.41) is 2.02. The number of thiophene rings is 1. The van der Waals surface area contributed by atoms with Gasteiger partial charge in [-0.25, -0.2) is 0 Å². The fourth-order valence-corrected chi connectivity index (χ4v) is 3.09. The summed E-state index contributed by atoms with van der Waals surface area (Å²) in [6, 6.07) is 7.21. The summed E-state index contributed by atoms with van der Waals surface area (Å²) in [6.45, 7) is 0.539. The first kappa shape index (κ1) is 14.9. The van der Waals surface area contributed by atoms with Gasteiger partial charge in [0.05, 0.1) is 22.1 Å². The molecular weight excluding hydrogens is 340 g/mol. The number of methoxy groups -OCH3 is 1. The van der Waals surface area contributed by atoms with E-state index in [9.17, 15) is 4.79 Å². The maximum Gasteiger partial charge on any atom is 0.256 e. The lowest BCUT2D eigenvalue weighted by Crippen LogP contribution is -2.26. The predicted octanol–water partition coefficient (Wildman–Crippen LogP) is 3.37. The second-order valence-electron chi connectivity index (χ2n) is 4.34. The van der Waals surface area contributed by atoms with E-state index in [1.165, 1.54) is 7.11 Å². The van der Waals surface area contributed by atoms with Crippen molar-refractivity contribution in [1.82, 2.24) is 4.90 Å². The van der Waals surface area contributed by atoms with Gasteiger partial charge >= 0.3 is 0 Å². The highest BCUT2D eigenvalue weighted by atomic mass is 79.9. The van der Waals surface area contributed by atoms with E-state index in [1.54, 1.807) is 41.5 Å². The maximum absolute atomic E-state index is 12.4. The summed E-state index contributed by atoms with van der Waals surface area (Å²) in [4.78, 5) is 14.1. The van der Waals surface area contributed by atoms with Crippen molar-refractivity contribution in [1.29, 1.82) is 0 Å². The molecule has 0 fully saturated rings. The van der Waals surface area contributed by atoms with Gasteiger partial charge in [-0.05, 0) is 45.1 Å². The topological polar surface area (TPSA) is 55.6 Å². The van der Waals surface area contributed by atoms with Gasteiger partial charge in [-0.3, -0.25) is 4.79 Å². The number of nitrogens with two attached hydrogens (primary N) is 1. The van der Waals surface area contributed by atoms with Gasteiger partial charge in [0.15, 0.2) is 0 Å². The molecule has 2 N–H and O–H groups in total. The number of ether oxygens (including phenoxy) is 1. The Labute approximate surface area is 130 Å². The summed E-state index contributed by atoms with van der Waals surface area (Å²) in [7, 11) is 3.29. The Morgan fingerprint density at radius 3 is 2.85 bits per heavy atom. The van der Waals surface area contributed by atoms with E-state index in [0.717, 1.165) is 9.35 Å². The molecule has 0 aliphatic carbocycles. The van der Waals surface area contributed by atoms with Crippen LogP contribution in [0.5, 0.6) is 5.75 Å². The van der Waals surface area contributed by atoms with Crippen molar-refractivity contribution in [2.45, 2.75) is 6.54 Å². The number of benzene rings is 1. The number of para-hydroxylation sites is 1. The molecule has 0 radical (unpaired) electrons. The Hall–Kier alpha value is -1.53. The minimum Gasteiger partial charge on any atom is -0.495 e. The van der Waals surface area contributed by atoms with Crippen molar-refractivity contribution >= 4 is 38.9 Å². The van der Waals surface area contributed by atoms with Crippen molar-refractivity contribution in [2.24, 2.45) is 0 Å². The van der Waals surface area contributed by atoms with Gasteiger partial charge in [0, 0.05) is 13.6 Å². The molecule has 0 atom stereocenters. The van der Waals surface area contributed by atoms with E-state index in [1.807, 2.05) is 11.4 Å². The predicted molar refractivity (Wildman–Crippen MR) is 85.2 cm³/mol. The monoisotopic (exact) mass is 354 g/mol. The highest BCUT2D eigenvalue weighted by Crippen LogP contribution is 2.26. The van der Waals surface area contributed by atoms with E-state index < -0.39 is 0 Å². The zero-order valence-corrected chi connectivity index (χ0v) is 13.6. The van der Waals surface area contributed by atoms with Crippen LogP contribution >= 0.6 is 27.3 Å². The second kappa shape index (κ2) is 6.28. The first-order chi connectivity index (χ1) is 9.52. The summed E-state index contributed by atoms with van der Waals surface area (Å²) in [5.41, 5.74) is 7.87. The Morgan fingerprint density at radius 1 is 1.50 bits per heavy atom. The van der Waals surface area contributed by atoms with Gasteiger partial charge in [-0.15, -0.1) is 11.3 Å². The molecule has 106 valence electrons. The largest absolute Gasteiger partial charge is 0.495 e. The van der Waals surface area contributed by atoms with Crippen LogP contribution in [0.2, 0.25) is 0 Å². The molecule has 20 heavy (non-hydrogen) atoms. The number of rotatable bonds is 4. The van der Waals surface area contributed by atoms with Crippen molar-refractivity contribution < 1.29 is 9.53 Å². The summed E-state index contributed by atoms with van der Waals surface area (Å²) < 4.78 is 6.19. The minimum atomic E-state index is -0.122. The average Bonchev–Trinajstić information content (AvgIpc) is 2.83.